The highest BCUT2D eigenvalue weighted by molar-refractivity contribution is 9.10. The van der Waals surface area contributed by atoms with E-state index < -0.39 is 41.6 Å². The molecular formula is C22H18BrF6N7O2S. The van der Waals surface area contributed by atoms with Gasteiger partial charge in [-0.3, -0.25) is 19.0 Å². The molecular weight excluding hydrogens is 620 g/mol. The molecule has 0 radical (unpaired) electrons. The Bertz CT molecular complexity index is 1640. The van der Waals surface area contributed by atoms with Crippen LogP contribution in [0, 0.1) is 13.8 Å². The lowest BCUT2D eigenvalue weighted by atomic mass is 10.0. The highest BCUT2D eigenvalue weighted by Gasteiger charge is 2.39. The molecule has 0 aliphatic rings. The fourth-order valence-corrected chi connectivity index (χ4v) is 5.40. The molecule has 4 rings (SSSR count). The summed E-state index contributed by atoms with van der Waals surface area (Å²) in [5.41, 5.74) is 3.51. The summed E-state index contributed by atoms with van der Waals surface area (Å²) in [7, 11) is 1.58. The SMILES string of the molecule is Cc1c(-c2cc(C(F)(F)F)nc3sc(C(N)=O)c(NC(=O)C(C)n4nc(C(F)(F)F)c(Br)c4C)c23)cnn1C. The van der Waals surface area contributed by atoms with Crippen molar-refractivity contribution in [3.8, 4) is 11.1 Å². The normalized spacial score (nSPS) is 13.2. The summed E-state index contributed by atoms with van der Waals surface area (Å²) in [4.78, 5) is 28.7. The molecule has 0 aliphatic carbocycles. The minimum Gasteiger partial charge on any atom is -0.365 e. The van der Waals surface area contributed by atoms with Crippen LogP contribution in [0.1, 0.15) is 45.4 Å². The molecule has 3 N–H and O–H groups in total. The van der Waals surface area contributed by atoms with Gasteiger partial charge in [0.05, 0.1) is 22.1 Å². The average Bonchev–Trinajstić information content (AvgIpc) is 3.46. The maximum atomic E-state index is 13.7. The largest absolute Gasteiger partial charge is 0.436 e. The number of rotatable bonds is 5. The molecule has 0 aliphatic heterocycles. The number of thiophene rings is 1. The van der Waals surface area contributed by atoms with Gasteiger partial charge >= 0.3 is 12.4 Å². The van der Waals surface area contributed by atoms with Crippen molar-refractivity contribution >= 4 is 55.0 Å². The molecule has 4 aromatic heterocycles. The van der Waals surface area contributed by atoms with Crippen molar-refractivity contribution in [2.24, 2.45) is 12.8 Å². The molecule has 1 atom stereocenters. The Morgan fingerprint density at radius 2 is 1.74 bits per heavy atom. The van der Waals surface area contributed by atoms with Gasteiger partial charge in [0.25, 0.3) is 5.91 Å². The smallest absolute Gasteiger partial charge is 0.365 e. The number of fused-ring (bicyclic) bond motifs is 1. The van der Waals surface area contributed by atoms with Crippen molar-refractivity contribution in [3.63, 3.8) is 0 Å². The number of hydrogen-bond donors (Lipinski definition) is 2. The van der Waals surface area contributed by atoms with Crippen LogP contribution in [0.15, 0.2) is 16.7 Å². The van der Waals surface area contributed by atoms with Gasteiger partial charge in [0, 0.05) is 23.7 Å². The van der Waals surface area contributed by atoms with Gasteiger partial charge in [-0.25, -0.2) is 4.98 Å². The van der Waals surface area contributed by atoms with E-state index >= 15 is 0 Å². The summed E-state index contributed by atoms with van der Waals surface area (Å²) < 4.78 is 83.0. The third kappa shape index (κ3) is 4.99. The van der Waals surface area contributed by atoms with E-state index in [2.05, 4.69) is 36.4 Å². The van der Waals surface area contributed by atoms with E-state index in [0.717, 1.165) is 10.7 Å². The predicted octanol–water partition coefficient (Wildman–Crippen LogP) is 5.61. The Labute approximate surface area is 228 Å². The second-order valence-electron chi connectivity index (χ2n) is 8.53. The first-order chi connectivity index (χ1) is 17.9. The van der Waals surface area contributed by atoms with Gasteiger partial charge in [0.1, 0.15) is 21.4 Å². The Hall–Kier alpha value is -3.47. The van der Waals surface area contributed by atoms with E-state index in [1.807, 2.05) is 0 Å². The Balaban J connectivity index is 1.91. The summed E-state index contributed by atoms with van der Waals surface area (Å²) in [5.74, 6) is -1.96. The van der Waals surface area contributed by atoms with E-state index in [0.29, 0.717) is 17.0 Å². The molecule has 1 unspecified atom stereocenters. The lowest BCUT2D eigenvalue weighted by Crippen LogP contribution is -2.26. The number of amides is 2. The van der Waals surface area contributed by atoms with Crippen molar-refractivity contribution in [1.29, 1.82) is 0 Å². The zero-order valence-electron chi connectivity index (χ0n) is 20.4. The summed E-state index contributed by atoms with van der Waals surface area (Å²) in [6.07, 6.45) is -8.31. The molecule has 2 amide bonds. The second kappa shape index (κ2) is 9.62. The highest BCUT2D eigenvalue weighted by Crippen LogP contribution is 2.44. The van der Waals surface area contributed by atoms with E-state index in [9.17, 15) is 35.9 Å². The summed E-state index contributed by atoms with van der Waals surface area (Å²) in [6.45, 7) is 4.20. The van der Waals surface area contributed by atoms with Crippen molar-refractivity contribution in [1.82, 2.24) is 24.5 Å². The van der Waals surface area contributed by atoms with E-state index in [4.69, 9.17) is 5.73 Å². The molecule has 17 heteroatoms. The van der Waals surface area contributed by atoms with Gasteiger partial charge in [0.15, 0.2) is 5.69 Å². The first-order valence-corrected chi connectivity index (χ1v) is 12.5. The number of nitrogens with one attached hydrogen (secondary N) is 1. The molecule has 4 aromatic rings. The standard InChI is InChI=1S/C22H18BrF6N7O2S/c1-7-11(6-31-35(7)4)10-5-12(21(24,25)26)32-20-13(10)15(16(39-20)18(30)37)33-19(38)9(3)36-8(2)14(23)17(34-36)22(27,28)29/h5-6,9H,1-4H3,(H2,30,37)(H,33,38). The zero-order chi connectivity index (χ0) is 29.2. The Kier molecular flexibility index (Phi) is 7.04. The summed E-state index contributed by atoms with van der Waals surface area (Å²) >= 11 is 3.38. The number of alkyl halides is 6. The average molecular weight is 638 g/mol. The number of halogens is 7. The molecule has 0 saturated carbocycles. The molecule has 0 spiro atoms. The van der Waals surface area contributed by atoms with Gasteiger partial charge < -0.3 is 11.1 Å². The van der Waals surface area contributed by atoms with Crippen LogP contribution in [-0.4, -0.2) is 36.4 Å². The molecule has 0 bridgehead atoms. The number of carbonyl (C=O) groups excluding carboxylic acids is 2. The number of carbonyl (C=O) groups is 2. The Morgan fingerprint density at radius 1 is 1.10 bits per heavy atom. The van der Waals surface area contributed by atoms with Crippen LogP contribution in [0.4, 0.5) is 32.0 Å². The lowest BCUT2D eigenvalue weighted by Gasteiger charge is -2.16. The fraction of sp³-hybridized carbons (Fsp3) is 0.318. The van der Waals surface area contributed by atoms with Crippen molar-refractivity contribution in [3.05, 3.63) is 44.4 Å². The minimum absolute atomic E-state index is 0.00145. The molecule has 9 nitrogen and oxygen atoms in total. The first kappa shape index (κ1) is 28.5. The molecule has 4 heterocycles. The molecule has 208 valence electrons. The van der Waals surface area contributed by atoms with E-state index in [-0.39, 0.29) is 42.1 Å². The monoisotopic (exact) mass is 637 g/mol. The maximum absolute atomic E-state index is 13.7. The van der Waals surface area contributed by atoms with Crippen LogP contribution in [-0.2, 0) is 24.2 Å². The topological polar surface area (TPSA) is 121 Å². The van der Waals surface area contributed by atoms with Gasteiger partial charge in [-0.05, 0) is 48.3 Å². The van der Waals surface area contributed by atoms with Crippen molar-refractivity contribution in [2.75, 3.05) is 5.32 Å². The highest BCUT2D eigenvalue weighted by atomic mass is 79.9. The van der Waals surface area contributed by atoms with E-state index in [1.54, 1.807) is 14.0 Å². The van der Waals surface area contributed by atoms with E-state index in [1.165, 1.54) is 24.7 Å². The van der Waals surface area contributed by atoms with Gasteiger partial charge in [0.2, 0.25) is 5.91 Å². The van der Waals surface area contributed by atoms with Crippen LogP contribution >= 0.6 is 27.3 Å². The van der Waals surface area contributed by atoms with Crippen LogP contribution in [0.3, 0.4) is 0 Å². The zero-order valence-corrected chi connectivity index (χ0v) is 22.8. The number of primary amides is 1. The number of anilines is 1. The maximum Gasteiger partial charge on any atom is 0.436 e. The molecule has 0 fully saturated rings. The predicted molar refractivity (Wildman–Crippen MR) is 133 cm³/mol. The molecule has 0 aromatic carbocycles. The summed E-state index contributed by atoms with van der Waals surface area (Å²) in [6, 6.07) is -0.563. The second-order valence-corrected chi connectivity index (χ2v) is 10.3. The lowest BCUT2D eigenvalue weighted by molar-refractivity contribution is -0.142. The van der Waals surface area contributed by atoms with Gasteiger partial charge in [-0.15, -0.1) is 11.3 Å². The number of nitrogens with zero attached hydrogens (tertiary/aromatic N) is 5. The quantitative estimate of drug-likeness (QED) is 0.276. The van der Waals surface area contributed by atoms with Crippen LogP contribution in [0.25, 0.3) is 21.3 Å². The third-order valence-electron chi connectivity index (χ3n) is 6.04. The number of pyridine rings is 1. The third-order valence-corrected chi connectivity index (χ3v) is 8.09. The van der Waals surface area contributed by atoms with Gasteiger partial charge in [-0.2, -0.15) is 36.5 Å². The number of aryl methyl sites for hydroxylation is 1. The van der Waals surface area contributed by atoms with Crippen molar-refractivity contribution < 1.29 is 35.9 Å². The van der Waals surface area contributed by atoms with Crippen LogP contribution in [0.2, 0.25) is 0 Å². The Morgan fingerprint density at radius 3 is 2.23 bits per heavy atom. The fourth-order valence-electron chi connectivity index (χ4n) is 3.91. The number of hydrogen-bond acceptors (Lipinski definition) is 6. The molecule has 39 heavy (non-hydrogen) atoms. The van der Waals surface area contributed by atoms with Gasteiger partial charge in [-0.1, -0.05) is 0 Å². The molecule has 0 saturated heterocycles. The number of aromatic nitrogens is 5. The summed E-state index contributed by atoms with van der Waals surface area (Å²) in [5, 5.41) is 10.0. The first-order valence-electron chi connectivity index (χ1n) is 10.9. The number of nitrogens with two attached hydrogens (primary N) is 1. The minimum atomic E-state index is -4.84. The van der Waals surface area contributed by atoms with Crippen molar-refractivity contribution in [2.45, 2.75) is 39.2 Å². The van der Waals surface area contributed by atoms with Crippen LogP contribution in [0.5, 0.6) is 0 Å². The van der Waals surface area contributed by atoms with Crippen LogP contribution < -0.4 is 11.1 Å².